The first-order valence-corrected chi connectivity index (χ1v) is 17.1. The molecule has 0 aliphatic carbocycles. The Kier molecular flexibility index (Phi) is 10.1. The number of hydrogen-bond acceptors (Lipinski definition) is 7. The molecule has 0 saturated carbocycles. The number of rotatable bonds is 10. The second-order valence-electron chi connectivity index (χ2n) is 12.5. The largest absolute Gasteiger partial charge is 0.389 e. The third-order valence-electron chi connectivity index (χ3n) is 9.09. The zero-order chi connectivity index (χ0) is 32.9. The summed E-state index contributed by atoms with van der Waals surface area (Å²) < 4.78 is 0. The zero-order valence-electron chi connectivity index (χ0n) is 26.7. The Balaban J connectivity index is 1.20. The summed E-state index contributed by atoms with van der Waals surface area (Å²) >= 11 is 1.57. The summed E-state index contributed by atoms with van der Waals surface area (Å²) in [6.45, 7) is 5.51. The predicted octanol–water partition coefficient (Wildman–Crippen LogP) is 4.52. The van der Waals surface area contributed by atoms with Crippen LogP contribution in [0.2, 0.25) is 0 Å². The Morgan fingerprint density at radius 2 is 1.72 bits per heavy atom. The van der Waals surface area contributed by atoms with Crippen LogP contribution in [0.5, 0.6) is 0 Å². The van der Waals surface area contributed by atoms with Crippen LogP contribution in [0.1, 0.15) is 68.4 Å². The quantitative estimate of drug-likeness (QED) is 0.232. The number of carbonyl (C=O) groups excluding carboxylic acids is 3. The number of nitrogens with one attached hydrogen (secondary N) is 2. The van der Waals surface area contributed by atoms with Crippen LogP contribution in [0.3, 0.4) is 0 Å². The van der Waals surface area contributed by atoms with Crippen molar-refractivity contribution in [3.63, 3.8) is 0 Å². The molecule has 2 aliphatic rings. The number of nitrogens with zero attached hydrogens (tertiary/aromatic N) is 3. The molecule has 47 heavy (non-hydrogen) atoms. The van der Waals surface area contributed by atoms with Crippen LogP contribution in [-0.2, 0) is 17.8 Å². The standard InChI is InChI=1S/C37H41N5O4S/c1-24-23-47-35(39-24)31-17-10-18-41(31)36(45)29-16-9-15-28(20-29)34(44)40-30(19-26-11-5-3-6-12-26)33(43)32-37(46)42(25(2)21-38-32)22-27-13-7-4-8-14-27/h3-9,11-16,20,23,25,30-33,38,43H,10,17-19,21-22H2,1-2H3,(H,40,44)/t25?,30-,31?,32?,33-/m0/s1. The summed E-state index contributed by atoms with van der Waals surface area (Å²) in [5, 5.41) is 21.0. The molecular formula is C37H41N5O4S. The van der Waals surface area contributed by atoms with E-state index >= 15 is 0 Å². The summed E-state index contributed by atoms with van der Waals surface area (Å²) in [5.74, 6) is -0.776. The van der Waals surface area contributed by atoms with E-state index in [0.717, 1.165) is 34.7 Å². The van der Waals surface area contributed by atoms with Crippen molar-refractivity contribution >= 4 is 29.1 Å². The van der Waals surface area contributed by atoms with E-state index in [4.69, 9.17) is 0 Å². The van der Waals surface area contributed by atoms with E-state index in [1.165, 1.54) is 0 Å². The molecule has 3 unspecified atom stereocenters. The molecule has 244 valence electrons. The molecule has 4 aromatic rings. The summed E-state index contributed by atoms with van der Waals surface area (Å²) in [6.07, 6.45) is 0.848. The lowest BCUT2D eigenvalue weighted by Crippen LogP contribution is -2.66. The number of aliphatic hydroxyl groups excluding tert-OH is 1. The highest BCUT2D eigenvalue weighted by Gasteiger charge is 2.41. The molecule has 2 fully saturated rings. The molecule has 5 atom stereocenters. The smallest absolute Gasteiger partial charge is 0.254 e. The minimum Gasteiger partial charge on any atom is -0.389 e. The Hall–Kier alpha value is -4.38. The van der Waals surface area contributed by atoms with Gasteiger partial charge in [-0.25, -0.2) is 4.98 Å². The average Bonchev–Trinajstić information content (AvgIpc) is 3.76. The van der Waals surface area contributed by atoms with E-state index in [2.05, 4.69) is 15.6 Å². The van der Waals surface area contributed by atoms with Gasteiger partial charge in [0.2, 0.25) is 5.91 Å². The molecule has 3 N–H and O–H groups in total. The minimum atomic E-state index is -1.21. The number of likely N-dealkylation sites (tertiary alicyclic amines) is 1. The van der Waals surface area contributed by atoms with E-state index in [1.54, 1.807) is 40.5 Å². The predicted molar refractivity (Wildman–Crippen MR) is 182 cm³/mol. The fraction of sp³-hybridized carbons (Fsp3) is 0.351. The van der Waals surface area contributed by atoms with E-state index in [-0.39, 0.29) is 23.9 Å². The number of aliphatic hydroxyl groups is 1. The first-order valence-electron chi connectivity index (χ1n) is 16.2. The highest BCUT2D eigenvalue weighted by molar-refractivity contribution is 7.09. The molecule has 2 saturated heterocycles. The molecule has 9 nitrogen and oxygen atoms in total. The van der Waals surface area contributed by atoms with Crippen LogP contribution in [0.4, 0.5) is 0 Å². The minimum absolute atomic E-state index is 0.0663. The fourth-order valence-electron chi connectivity index (χ4n) is 6.53. The van der Waals surface area contributed by atoms with Gasteiger partial charge in [-0.05, 0) is 62.4 Å². The molecule has 0 bridgehead atoms. The number of hydrogen-bond donors (Lipinski definition) is 3. The van der Waals surface area contributed by atoms with Crippen molar-refractivity contribution in [1.82, 2.24) is 25.4 Å². The summed E-state index contributed by atoms with van der Waals surface area (Å²) in [6, 6.07) is 24.2. The lowest BCUT2D eigenvalue weighted by molar-refractivity contribution is -0.143. The molecule has 3 heterocycles. The molecule has 3 aromatic carbocycles. The van der Waals surface area contributed by atoms with Gasteiger partial charge in [-0.2, -0.15) is 0 Å². The van der Waals surface area contributed by atoms with Gasteiger partial charge in [-0.15, -0.1) is 11.3 Å². The van der Waals surface area contributed by atoms with Gasteiger partial charge in [0.15, 0.2) is 0 Å². The number of thiazole rings is 1. The maximum absolute atomic E-state index is 13.8. The van der Waals surface area contributed by atoms with Gasteiger partial charge in [0, 0.05) is 47.9 Å². The number of aromatic nitrogens is 1. The van der Waals surface area contributed by atoms with Crippen molar-refractivity contribution in [2.75, 3.05) is 13.1 Å². The molecular weight excluding hydrogens is 611 g/mol. The van der Waals surface area contributed by atoms with Crippen LogP contribution in [-0.4, -0.2) is 74.9 Å². The van der Waals surface area contributed by atoms with Gasteiger partial charge in [0.1, 0.15) is 11.0 Å². The number of aryl methyl sites for hydroxylation is 1. The van der Waals surface area contributed by atoms with Crippen LogP contribution >= 0.6 is 11.3 Å². The molecule has 0 radical (unpaired) electrons. The lowest BCUT2D eigenvalue weighted by Gasteiger charge is -2.41. The molecule has 6 rings (SSSR count). The van der Waals surface area contributed by atoms with E-state index in [9.17, 15) is 19.5 Å². The number of carbonyl (C=O) groups is 3. The van der Waals surface area contributed by atoms with Gasteiger partial charge in [-0.1, -0.05) is 66.7 Å². The molecule has 10 heteroatoms. The van der Waals surface area contributed by atoms with E-state index in [0.29, 0.717) is 37.2 Å². The van der Waals surface area contributed by atoms with Crippen molar-refractivity contribution in [2.45, 2.75) is 69.9 Å². The lowest BCUT2D eigenvalue weighted by atomic mass is 9.93. The maximum Gasteiger partial charge on any atom is 0.254 e. The van der Waals surface area contributed by atoms with Crippen molar-refractivity contribution in [1.29, 1.82) is 0 Å². The second-order valence-corrected chi connectivity index (χ2v) is 13.4. The number of benzene rings is 3. The van der Waals surface area contributed by atoms with Crippen LogP contribution in [0, 0.1) is 6.92 Å². The molecule has 3 amide bonds. The Morgan fingerprint density at radius 1 is 1.02 bits per heavy atom. The van der Waals surface area contributed by atoms with Crippen molar-refractivity contribution in [3.05, 3.63) is 123 Å². The van der Waals surface area contributed by atoms with Gasteiger partial charge in [-0.3, -0.25) is 14.4 Å². The normalized spacial score (nSPS) is 21.0. The molecule has 0 spiro atoms. The third kappa shape index (κ3) is 7.45. The Bertz CT molecular complexity index is 1700. The Labute approximate surface area is 279 Å². The highest BCUT2D eigenvalue weighted by atomic mass is 32.1. The second kappa shape index (κ2) is 14.6. The first kappa shape index (κ1) is 32.6. The average molecular weight is 652 g/mol. The number of piperazine rings is 1. The van der Waals surface area contributed by atoms with Gasteiger partial charge in [0.25, 0.3) is 11.8 Å². The van der Waals surface area contributed by atoms with E-state index < -0.39 is 24.1 Å². The zero-order valence-corrected chi connectivity index (χ0v) is 27.5. The highest BCUT2D eigenvalue weighted by Crippen LogP contribution is 2.35. The van der Waals surface area contributed by atoms with Gasteiger partial charge < -0.3 is 25.5 Å². The summed E-state index contributed by atoms with van der Waals surface area (Å²) in [5.41, 5.74) is 3.60. The third-order valence-corrected chi connectivity index (χ3v) is 10.1. The van der Waals surface area contributed by atoms with Crippen molar-refractivity contribution < 1.29 is 19.5 Å². The van der Waals surface area contributed by atoms with E-state index in [1.807, 2.05) is 84.8 Å². The van der Waals surface area contributed by atoms with Gasteiger partial charge in [0.05, 0.1) is 18.2 Å². The van der Waals surface area contributed by atoms with Crippen LogP contribution < -0.4 is 10.6 Å². The summed E-state index contributed by atoms with van der Waals surface area (Å²) in [4.78, 5) is 49.6. The monoisotopic (exact) mass is 651 g/mol. The van der Waals surface area contributed by atoms with Gasteiger partial charge >= 0.3 is 0 Å². The van der Waals surface area contributed by atoms with Crippen molar-refractivity contribution in [2.24, 2.45) is 0 Å². The SMILES string of the molecule is Cc1csc(C2CCCN2C(=O)c2cccc(C(=O)N[C@@H](Cc3ccccc3)[C@H](O)C3NCC(C)N(Cc4ccccc4)C3=O)c2)n1. The first-order chi connectivity index (χ1) is 22.8. The van der Waals surface area contributed by atoms with Crippen molar-refractivity contribution in [3.8, 4) is 0 Å². The topological polar surface area (TPSA) is 115 Å². The van der Waals surface area contributed by atoms with Crippen LogP contribution in [0.15, 0.2) is 90.3 Å². The molecule has 2 aliphatic heterocycles. The maximum atomic E-state index is 13.8. The summed E-state index contributed by atoms with van der Waals surface area (Å²) in [7, 11) is 0. The Morgan fingerprint density at radius 3 is 2.43 bits per heavy atom. The fourth-order valence-corrected chi connectivity index (χ4v) is 7.47. The van der Waals surface area contributed by atoms with Crippen LogP contribution in [0.25, 0.3) is 0 Å². The number of amides is 3. The molecule has 1 aromatic heterocycles.